The summed E-state index contributed by atoms with van der Waals surface area (Å²) >= 11 is 9.29. The SMILES string of the molecule is Oc1ccc2c(Cl)cccc2c1Br. The molecular formula is C10H6BrClO. The molecule has 0 aliphatic rings. The van der Waals surface area contributed by atoms with Gasteiger partial charge in [-0.15, -0.1) is 0 Å². The van der Waals surface area contributed by atoms with Crippen LogP contribution < -0.4 is 0 Å². The van der Waals surface area contributed by atoms with Crippen LogP contribution in [0.4, 0.5) is 0 Å². The van der Waals surface area contributed by atoms with Gasteiger partial charge in [0.25, 0.3) is 0 Å². The highest BCUT2D eigenvalue weighted by Gasteiger charge is 2.05. The number of hydrogen-bond acceptors (Lipinski definition) is 1. The molecule has 0 saturated heterocycles. The number of phenols is 1. The average Bonchev–Trinajstić information content (AvgIpc) is 2.12. The van der Waals surface area contributed by atoms with Crippen LogP contribution in [-0.2, 0) is 0 Å². The van der Waals surface area contributed by atoms with Gasteiger partial charge in [0.15, 0.2) is 0 Å². The first-order valence-corrected chi connectivity index (χ1v) is 4.93. The molecule has 2 aromatic rings. The molecule has 0 aliphatic carbocycles. The van der Waals surface area contributed by atoms with Crippen LogP contribution in [0.5, 0.6) is 5.75 Å². The summed E-state index contributed by atoms with van der Waals surface area (Å²) in [5.41, 5.74) is 0. The second-order valence-electron chi connectivity index (χ2n) is 2.73. The minimum Gasteiger partial charge on any atom is -0.507 e. The zero-order chi connectivity index (χ0) is 9.42. The topological polar surface area (TPSA) is 20.2 Å². The smallest absolute Gasteiger partial charge is 0.130 e. The van der Waals surface area contributed by atoms with Gasteiger partial charge >= 0.3 is 0 Å². The van der Waals surface area contributed by atoms with E-state index in [1.165, 1.54) is 0 Å². The molecule has 2 aromatic carbocycles. The fourth-order valence-electron chi connectivity index (χ4n) is 1.27. The summed E-state index contributed by atoms with van der Waals surface area (Å²) in [6, 6.07) is 9.02. The van der Waals surface area contributed by atoms with Gasteiger partial charge in [0.1, 0.15) is 5.75 Å². The third kappa shape index (κ3) is 1.40. The Balaban J connectivity index is 2.94. The lowest BCUT2D eigenvalue weighted by Gasteiger charge is -2.03. The van der Waals surface area contributed by atoms with Crippen LogP contribution in [0.3, 0.4) is 0 Å². The predicted molar refractivity (Wildman–Crippen MR) is 58.3 cm³/mol. The summed E-state index contributed by atoms with van der Waals surface area (Å²) < 4.78 is 0.688. The van der Waals surface area contributed by atoms with Crippen molar-refractivity contribution in [1.82, 2.24) is 0 Å². The number of aromatic hydroxyl groups is 1. The molecule has 0 heterocycles. The molecule has 0 aliphatic heterocycles. The standard InChI is InChI=1S/C10H6BrClO/c11-10-7-2-1-3-8(12)6(7)4-5-9(10)13/h1-5,13H. The number of phenolic OH excluding ortho intramolecular Hbond substituents is 1. The van der Waals surface area contributed by atoms with E-state index in [0.717, 1.165) is 10.8 Å². The van der Waals surface area contributed by atoms with E-state index < -0.39 is 0 Å². The van der Waals surface area contributed by atoms with Crippen LogP contribution in [0.1, 0.15) is 0 Å². The maximum atomic E-state index is 9.42. The molecule has 0 unspecified atom stereocenters. The molecule has 0 saturated carbocycles. The van der Waals surface area contributed by atoms with Gasteiger partial charge in [0.05, 0.1) is 4.47 Å². The minimum absolute atomic E-state index is 0.231. The lowest BCUT2D eigenvalue weighted by atomic mass is 10.1. The molecule has 1 nitrogen and oxygen atoms in total. The molecule has 0 aromatic heterocycles. The molecule has 0 fully saturated rings. The fourth-order valence-corrected chi connectivity index (χ4v) is 1.99. The lowest BCUT2D eigenvalue weighted by Crippen LogP contribution is -1.76. The van der Waals surface area contributed by atoms with E-state index >= 15 is 0 Å². The van der Waals surface area contributed by atoms with E-state index in [0.29, 0.717) is 9.50 Å². The van der Waals surface area contributed by atoms with Crippen LogP contribution in [-0.4, -0.2) is 5.11 Å². The molecule has 3 heteroatoms. The molecule has 0 atom stereocenters. The number of fused-ring (bicyclic) bond motifs is 1. The van der Waals surface area contributed by atoms with Crippen LogP contribution in [0, 0.1) is 0 Å². The van der Waals surface area contributed by atoms with Crippen molar-refractivity contribution >= 4 is 38.3 Å². The van der Waals surface area contributed by atoms with Crippen molar-refractivity contribution in [3.05, 3.63) is 39.8 Å². The van der Waals surface area contributed by atoms with Gasteiger partial charge in [-0.25, -0.2) is 0 Å². The minimum atomic E-state index is 0.231. The highest BCUT2D eigenvalue weighted by Crippen LogP contribution is 2.34. The number of halogens is 2. The van der Waals surface area contributed by atoms with Gasteiger partial charge in [0.2, 0.25) is 0 Å². The second kappa shape index (κ2) is 3.20. The maximum absolute atomic E-state index is 9.42. The van der Waals surface area contributed by atoms with Gasteiger partial charge in [-0.1, -0.05) is 23.7 Å². The van der Waals surface area contributed by atoms with Crippen molar-refractivity contribution in [1.29, 1.82) is 0 Å². The Morgan fingerprint density at radius 1 is 1.08 bits per heavy atom. The highest BCUT2D eigenvalue weighted by atomic mass is 79.9. The number of hydrogen-bond donors (Lipinski definition) is 1. The van der Waals surface area contributed by atoms with Crippen molar-refractivity contribution < 1.29 is 5.11 Å². The normalized spacial score (nSPS) is 10.6. The summed E-state index contributed by atoms with van der Waals surface area (Å²) in [5, 5.41) is 12.0. The summed E-state index contributed by atoms with van der Waals surface area (Å²) in [6.45, 7) is 0. The first-order valence-electron chi connectivity index (χ1n) is 3.76. The Bertz CT molecular complexity index is 468. The lowest BCUT2D eigenvalue weighted by molar-refractivity contribution is 0.473. The van der Waals surface area contributed by atoms with E-state index in [4.69, 9.17) is 11.6 Å². The Morgan fingerprint density at radius 2 is 1.85 bits per heavy atom. The van der Waals surface area contributed by atoms with Crippen molar-refractivity contribution in [2.45, 2.75) is 0 Å². The predicted octanol–water partition coefficient (Wildman–Crippen LogP) is 3.96. The summed E-state index contributed by atoms with van der Waals surface area (Å²) in [5.74, 6) is 0.231. The Labute approximate surface area is 89.1 Å². The molecule has 66 valence electrons. The van der Waals surface area contributed by atoms with Crippen molar-refractivity contribution in [2.24, 2.45) is 0 Å². The van der Waals surface area contributed by atoms with Gasteiger partial charge in [-0.2, -0.15) is 0 Å². The molecule has 1 N–H and O–H groups in total. The van der Waals surface area contributed by atoms with Gasteiger partial charge in [-0.3, -0.25) is 0 Å². The van der Waals surface area contributed by atoms with Gasteiger partial charge in [-0.05, 0) is 34.1 Å². The van der Waals surface area contributed by atoms with Crippen LogP contribution >= 0.6 is 27.5 Å². The van der Waals surface area contributed by atoms with Gasteiger partial charge < -0.3 is 5.11 Å². The summed E-state index contributed by atoms with van der Waals surface area (Å²) in [4.78, 5) is 0. The molecular weight excluding hydrogens is 251 g/mol. The second-order valence-corrected chi connectivity index (χ2v) is 3.93. The maximum Gasteiger partial charge on any atom is 0.130 e. The van der Waals surface area contributed by atoms with Crippen molar-refractivity contribution in [3.63, 3.8) is 0 Å². The molecule has 2 rings (SSSR count). The van der Waals surface area contributed by atoms with Crippen LogP contribution in [0.15, 0.2) is 34.8 Å². The van der Waals surface area contributed by atoms with E-state index in [9.17, 15) is 5.11 Å². The molecule has 0 spiro atoms. The van der Waals surface area contributed by atoms with E-state index in [1.54, 1.807) is 12.1 Å². The van der Waals surface area contributed by atoms with Crippen molar-refractivity contribution in [2.75, 3.05) is 0 Å². The first kappa shape index (κ1) is 8.85. The summed E-state index contributed by atoms with van der Waals surface area (Å²) in [6.07, 6.45) is 0. The highest BCUT2D eigenvalue weighted by molar-refractivity contribution is 9.10. The number of rotatable bonds is 0. The quantitative estimate of drug-likeness (QED) is 0.757. The monoisotopic (exact) mass is 256 g/mol. The zero-order valence-corrected chi connectivity index (χ0v) is 8.93. The van der Waals surface area contributed by atoms with E-state index in [-0.39, 0.29) is 5.75 Å². The van der Waals surface area contributed by atoms with Gasteiger partial charge in [0, 0.05) is 15.8 Å². The largest absolute Gasteiger partial charge is 0.507 e. The molecule has 0 bridgehead atoms. The first-order chi connectivity index (χ1) is 6.20. The molecule has 0 amide bonds. The number of benzene rings is 2. The zero-order valence-electron chi connectivity index (χ0n) is 6.59. The molecule has 13 heavy (non-hydrogen) atoms. The average molecular weight is 258 g/mol. The summed E-state index contributed by atoms with van der Waals surface area (Å²) in [7, 11) is 0. The van der Waals surface area contributed by atoms with Crippen molar-refractivity contribution in [3.8, 4) is 5.75 Å². The Kier molecular flexibility index (Phi) is 2.18. The van der Waals surface area contributed by atoms with E-state index in [2.05, 4.69) is 15.9 Å². The van der Waals surface area contributed by atoms with E-state index in [1.807, 2.05) is 18.2 Å². The fraction of sp³-hybridized carbons (Fsp3) is 0. The third-order valence-corrected chi connectivity index (χ3v) is 3.09. The van der Waals surface area contributed by atoms with Crippen LogP contribution in [0.25, 0.3) is 10.8 Å². The molecule has 0 radical (unpaired) electrons. The Hall–Kier alpha value is -0.730. The Morgan fingerprint density at radius 3 is 2.62 bits per heavy atom. The third-order valence-electron chi connectivity index (χ3n) is 1.92. The van der Waals surface area contributed by atoms with Crippen LogP contribution in [0.2, 0.25) is 5.02 Å².